The minimum atomic E-state index is -1.06. The Bertz CT molecular complexity index is 720. The average Bonchev–Trinajstić information content (AvgIpc) is 2.58. The third-order valence-corrected chi connectivity index (χ3v) is 3.77. The lowest BCUT2D eigenvalue weighted by molar-refractivity contribution is -0.139. The number of hydrogen-bond donors (Lipinski definition) is 1. The van der Waals surface area contributed by atoms with Crippen LogP contribution >= 0.6 is 11.8 Å². The summed E-state index contributed by atoms with van der Waals surface area (Å²) in [6.07, 6.45) is 5.25. The first-order valence-corrected chi connectivity index (χ1v) is 8.12. The number of carbonyl (C=O) groups excluding carboxylic acids is 1. The van der Waals surface area contributed by atoms with E-state index in [1.165, 1.54) is 12.1 Å². The summed E-state index contributed by atoms with van der Waals surface area (Å²) in [5, 5.41) is 8.60. The molecule has 0 aromatic heterocycles. The van der Waals surface area contributed by atoms with Crippen molar-refractivity contribution in [3.63, 3.8) is 0 Å². The first kappa shape index (κ1) is 16.8. The highest BCUT2D eigenvalue weighted by atomic mass is 32.2. The number of ketones is 1. The van der Waals surface area contributed by atoms with Gasteiger partial charge in [-0.1, -0.05) is 30.3 Å². The maximum atomic E-state index is 12.2. The van der Waals surface area contributed by atoms with Crippen LogP contribution in [0.5, 0.6) is 5.75 Å². The Morgan fingerprint density at radius 2 is 1.91 bits per heavy atom. The van der Waals surface area contributed by atoms with E-state index in [4.69, 9.17) is 9.84 Å². The molecule has 4 nitrogen and oxygen atoms in total. The Labute approximate surface area is 138 Å². The molecule has 2 rings (SSSR count). The molecule has 0 aliphatic rings. The molecule has 0 radical (unpaired) electrons. The van der Waals surface area contributed by atoms with Gasteiger partial charge in [0.15, 0.2) is 12.4 Å². The maximum absolute atomic E-state index is 12.2. The Hall–Kier alpha value is -2.53. The number of thioether (sulfide) groups is 1. The fourth-order valence-corrected chi connectivity index (χ4v) is 2.28. The molecular weight excluding hydrogens is 312 g/mol. The van der Waals surface area contributed by atoms with E-state index in [1.807, 2.05) is 30.5 Å². The molecule has 0 aliphatic heterocycles. The summed E-state index contributed by atoms with van der Waals surface area (Å²) in [7, 11) is 0. The molecule has 0 atom stereocenters. The Balaban J connectivity index is 2.05. The first-order chi connectivity index (χ1) is 11.1. The van der Waals surface area contributed by atoms with Crippen molar-refractivity contribution in [1.29, 1.82) is 0 Å². The molecule has 1 N–H and O–H groups in total. The molecule has 118 valence electrons. The predicted octanol–water partition coefficient (Wildman–Crippen LogP) is 3.77. The highest BCUT2D eigenvalue weighted by Crippen LogP contribution is 2.17. The molecule has 0 amide bonds. The summed E-state index contributed by atoms with van der Waals surface area (Å²) in [5.74, 6) is -0.869. The number of aliphatic carboxylic acids is 1. The average molecular weight is 328 g/mol. The fraction of sp³-hybridized carbons (Fsp3) is 0.111. The van der Waals surface area contributed by atoms with Gasteiger partial charge < -0.3 is 9.84 Å². The number of carboxylic acid groups (broad SMARTS) is 1. The smallest absolute Gasteiger partial charge is 0.341 e. The molecule has 5 heteroatoms. The minimum Gasteiger partial charge on any atom is -0.482 e. The van der Waals surface area contributed by atoms with Crippen LogP contribution in [0.1, 0.15) is 15.9 Å². The number of benzene rings is 2. The molecule has 0 heterocycles. The number of allylic oxidation sites excluding steroid dienone is 1. The Morgan fingerprint density at radius 3 is 2.57 bits per heavy atom. The number of carbonyl (C=O) groups is 2. The van der Waals surface area contributed by atoms with Gasteiger partial charge in [0.25, 0.3) is 0 Å². The quantitative estimate of drug-likeness (QED) is 0.476. The summed E-state index contributed by atoms with van der Waals surface area (Å²) >= 11 is 1.66. The van der Waals surface area contributed by atoms with Gasteiger partial charge in [-0.2, -0.15) is 0 Å². The molecule has 2 aromatic carbocycles. The molecule has 2 aromatic rings. The Morgan fingerprint density at radius 1 is 1.17 bits per heavy atom. The highest BCUT2D eigenvalue weighted by Gasteiger charge is 2.05. The van der Waals surface area contributed by atoms with Crippen molar-refractivity contribution in [2.45, 2.75) is 4.90 Å². The second-order valence-corrected chi connectivity index (χ2v) is 5.56. The van der Waals surface area contributed by atoms with Gasteiger partial charge in [-0.05, 0) is 42.2 Å². The van der Waals surface area contributed by atoms with Gasteiger partial charge in [0.05, 0.1) is 0 Å². The van der Waals surface area contributed by atoms with Crippen LogP contribution in [0.25, 0.3) is 6.08 Å². The van der Waals surface area contributed by atoms with Crippen molar-refractivity contribution in [3.8, 4) is 5.75 Å². The van der Waals surface area contributed by atoms with Crippen molar-refractivity contribution in [3.05, 3.63) is 65.7 Å². The van der Waals surface area contributed by atoms with E-state index in [1.54, 1.807) is 36.0 Å². The van der Waals surface area contributed by atoms with Gasteiger partial charge in [0, 0.05) is 10.5 Å². The second kappa shape index (κ2) is 8.19. The van der Waals surface area contributed by atoms with Crippen LogP contribution in [0.15, 0.2) is 59.5 Å². The van der Waals surface area contributed by atoms with E-state index in [9.17, 15) is 9.59 Å². The second-order valence-electron chi connectivity index (χ2n) is 4.68. The molecule has 0 unspecified atom stereocenters. The number of rotatable bonds is 7. The molecular formula is C18H16O4S. The van der Waals surface area contributed by atoms with Crippen LogP contribution in [0.2, 0.25) is 0 Å². The van der Waals surface area contributed by atoms with E-state index in [2.05, 4.69) is 0 Å². The zero-order valence-electron chi connectivity index (χ0n) is 12.6. The van der Waals surface area contributed by atoms with E-state index < -0.39 is 12.6 Å². The van der Waals surface area contributed by atoms with Crippen molar-refractivity contribution >= 4 is 29.6 Å². The van der Waals surface area contributed by atoms with Crippen LogP contribution < -0.4 is 4.74 Å². The molecule has 0 saturated carbocycles. The third kappa shape index (κ3) is 5.30. The van der Waals surface area contributed by atoms with Crippen LogP contribution in [-0.4, -0.2) is 29.7 Å². The van der Waals surface area contributed by atoms with Gasteiger partial charge in [-0.3, -0.25) is 4.79 Å². The normalized spacial score (nSPS) is 10.7. The van der Waals surface area contributed by atoms with E-state index in [0.29, 0.717) is 11.3 Å². The van der Waals surface area contributed by atoms with Crippen molar-refractivity contribution in [2.24, 2.45) is 0 Å². The zero-order chi connectivity index (χ0) is 16.7. The van der Waals surface area contributed by atoms with Crippen LogP contribution in [0.3, 0.4) is 0 Å². The molecule has 0 spiro atoms. The predicted molar refractivity (Wildman–Crippen MR) is 91.2 cm³/mol. The van der Waals surface area contributed by atoms with Crippen molar-refractivity contribution < 1.29 is 19.4 Å². The lowest BCUT2D eigenvalue weighted by Crippen LogP contribution is -2.09. The zero-order valence-corrected chi connectivity index (χ0v) is 13.4. The van der Waals surface area contributed by atoms with Gasteiger partial charge in [-0.25, -0.2) is 4.79 Å². The highest BCUT2D eigenvalue weighted by molar-refractivity contribution is 7.98. The summed E-state index contributed by atoms with van der Waals surface area (Å²) in [6.45, 7) is -0.435. The van der Waals surface area contributed by atoms with Gasteiger partial charge in [0.1, 0.15) is 5.75 Å². The molecule has 23 heavy (non-hydrogen) atoms. The largest absolute Gasteiger partial charge is 0.482 e. The number of ether oxygens (including phenoxy) is 1. The number of carboxylic acids is 1. The fourth-order valence-electron chi connectivity index (χ4n) is 1.87. The SMILES string of the molecule is CSc1ccc(/C=C\C(=O)c2cccc(OCC(=O)O)c2)cc1. The van der Waals surface area contributed by atoms with Crippen LogP contribution in [0, 0.1) is 0 Å². The number of hydrogen-bond acceptors (Lipinski definition) is 4. The lowest BCUT2D eigenvalue weighted by Gasteiger charge is -2.04. The summed E-state index contributed by atoms with van der Waals surface area (Å²) in [4.78, 5) is 23.8. The lowest BCUT2D eigenvalue weighted by atomic mass is 10.1. The first-order valence-electron chi connectivity index (χ1n) is 6.89. The van der Waals surface area contributed by atoms with Crippen LogP contribution in [-0.2, 0) is 4.79 Å². The van der Waals surface area contributed by atoms with E-state index >= 15 is 0 Å². The minimum absolute atomic E-state index is 0.167. The molecule has 0 saturated heterocycles. The third-order valence-electron chi connectivity index (χ3n) is 3.02. The summed E-state index contributed by atoms with van der Waals surface area (Å²) < 4.78 is 5.07. The van der Waals surface area contributed by atoms with Gasteiger partial charge in [-0.15, -0.1) is 11.8 Å². The molecule has 0 aliphatic carbocycles. The topological polar surface area (TPSA) is 63.6 Å². The summed E-state index contributed by atoms with van der Waals surface area (Å²) in [6, 6.07) is 14.4. The van der Waals surface area contributed by atoms with Gasteiger partial charge in [0.2, 0.25) is 0 Å². The van der Waals surface area contributed by atoms with E-state index in [0.717, 1.165) is 10.5 Å². The maximum Gasteiger partial charge on any atom is 0.341 e. The Kier molecular flexibility index (Phi) is 6.00. The molecule has 0 bridgehead atoms. The molecule has 0 fully saturated rings. The van der Waals surface area contributed by atoms with Crippen molar-refractivity contribution in [1.82, 2.24) is 0 Å². The van der Waals surface area contributed by atoms with E-state index in [-0.39, 0.29) is 5.78 Å². The van der Waals surface area contributed by atoms with Crippen molar-refractivity contribution in [2.75, 3.05) is 12.9 Å². The summed E-state index contributed by atoms with van der Waals surface area (Å²) in [5.41, 5.74) is 1.39. The standard InChI is InChI=1S/C18H16O4S/c1-23-16-8-5-13(6-9-16)7-10-17(19)14-3-2-4-15(11-14)22-12-18(20)21/h2-11H,12H2,1H3,(H,20,21)/b10-7-. The monoisotopic (exact) mass is 328 g/mol. The van der Waals surface area contributed by atoms with Crippen LogP contribution in [0.4, 0.5) is 0 Å². The van der Waals surface area contributed by atoms with Gasteiger partial charge >= 0.3 is 5.97 Å².